The second kappa shape index (κ2) is 7.05. The van der Waals surface area contributed by atoms with E-state index in [-0.39, 0.29) is 11.5 Å². The van der Waals surface area contributed by atoms with Gasteiger partial charge in [-0.2, -0.15) is 0 Å². The molecule has 0 radical (unpaired) electrons. The van der Waals surface area contributed by atoms with E-state index in [2.05, 4.69) is 10.1 Å². The van der Waals surface area contributed by atoms with Gasteiger partial charge in [0.2, 0.25) is 13.6 Å². The van der Waals surface area contributed by atoms with Gasteiger partial charge in [0.05, 0.1) is 11.5 Å². The average Bonchev–Trinajstić information content (AvgIpc) is 2.35. The molecule has 0 aliphatic heterocycles. The normalized spacial score (nSPS) is 13.6. The molecule has 1 N–H and O–H groups in total. The molecule has 0 spiro atoms. The lowest BCUT2D eigenvalue weighted by molar-refractivity contribution is 0.151. The summed E-state index contributed by atoms with van der Waals surface area (Å²) < 4.78 is 27.4. The Hall–Kier alpha value is -0.690. The molecule has 21 heavy (non-hydrogen) atoms. The maximum Gasteiger partial charge on any atom is 0.408 e. The minimum atomic E-state index is -4.10. The Balaban J connectivity index is 3.18. The highest BCUT2D eigenvalue weighted by Crippen LogP contribution is 2.35. The molecule has 5 nitrogen and oxygen atoms in total. The number of aryl methyl sites for hydroxylation is 1. The van der Waals surface area contributed by atoms with Gasteiger partial charge in [0.25, 0.3) is 0 Å². The Morgan fingerprint density at radius 1 is 1.29 bits per heavy atom. The van der Waals surface area contributed by atoms with Crippen LogP contribution in [-0.2, 0) is 14.6 Å². The molecule has 0 aliphatic carbocycles. The zero-order valence-electron chi connectivity index (χ0n) is 11.3. The number of amides is 1. The van der Waals surface area contributed by atoms with Crippen LogP contribution in [0.15, 0.2) is 29.2 Å². The van der Waals surface area contributed by atoms with Gasteiger partial charge >= 0.3 is 6.09 Å². The minimum absolute atomic E-state index is 0.0585. The summed E-state index contributed by atoms with van der Waals surface area (Å²) in [5.41, 5.74) is 0.873. The summed E-state index contributed by atoms with van der Waals surface area (Å²) in [7, 11) is -4.10. The summed E-state index contributed by atoms with van der Waals surface area (Å²) in [6.07, 6.45) is -0.982. The smallest absolute Gasteiger partial charge is 0.408 e. The van der Waals surface area contributed by atoms with E-state index < -0.39 is 25.1 Å². The van der Waals surface area contributed by atoms with E-state index in [1.54, 1.807) is 26.0 Å². The molecule has 1 rings (SSSR count). The van der Waals surface area contributed by atoms with Gasteiger partial charge in [0, 0.05) is 0 Å². The third kappa shape index (κ3) is 4.92. The third-order valence-electron chi connectivity index (χ3n) is 2.48. The highest BCUT2D eigenvalue weighted by atomic mass is 35.6. The Bertz CT molecular complexity index is 596. The molecule has 0 unspecified atom stereocenters. The van der Waals surface area contributed by atoms with Crippen molar-refractivity contribution in [3.63, 3.8) is 0 Å². The number of sulfone groups is 1. The number of alkyl carbamates (subject to hydrolysis) is 1. The van der Waals surface area contributed by atoms with Crippen molar-refractivity contribution >= 4 is 50.7 Å². The maximum atomic E-state index is 12.5. The number of carbonyl (C=O) groups excluding carboxylic acids is 1. The Kier molecular flexibility index (Phi) is 6.16. The van der Waals surface area contributed by atoms with Crippen LogP contribution in [0.2, 0.25) is 0 Å². The van der Waals surface area contributed by atoms with Crippen LogP contribution in [0, 0.1) is 6.92 Å². The van der Waals surface area contributed by atoms with Crippen molar-refractivity contribution in [1.29, 1.82) is 0 Å². The van der Waals surface area contributed by atoms with Crippen LogP contribution < -0.4 is 5.32 Å². The lowest BCUT2D eigenvalue weighted by Crippen LogP contribution is -2.49. The molecule has 1 aromatic carbocycles. The number of benzene rings is 1. The second-order valence-corrected chi connectivity index (χ2v) is 8.55. The van der Waals surface area contributed by atoms with Gasteiger partial charge in [0.15, 0.2) is 5.37 Å². The highest BCUT2D eigenvalue weighted by Gasteiger charge is 2.45. The lowest BCUT2D eigenvalue weighted by atomic mass is 10.2. The van der Waals surface area contributed by atoms with E-state index in [1.807, 2.05) is 0 Å². The zero-order chi connectivity index (χ0) is 16.3. The Labute approximate surface area is 138 Å². The van der Waals surface area contributed by atoms with Crippen molar-refractivity contribution in [3.8, 4) is 0 Å². The maximum absolute atomic E-state index is 12.5. The van der Waals surface area contributed by atoms with Crippen molar-refractivity contribution in [2.45, 2.75) is 27.9 Å². The van der Waals surface area contributed by atoms with Crippen LogP contribution in [0.3, 0.4) is 0 Å². The first kappa shape index (κ1) is 18.4. The second-order valence-electron chi connectivity index (χ2n) is 4.14. The molecule has 0 heterocycles. The van der Waals surface area contributed by atoms with Gasteiger partial charge in [-0.25, -0.2) is 13.2 Å². The largest absolute Gasteiger partial charge is 0.450 e. The fourth-order valence-electron chi connectivity index (χ4n) is 1.48. The average molecular weight is 375 g/mol. The first-order chi connectivity index (χ1) is 9.59. The molecule has 0 bridgehead atoms. The highest BCUT2D eigenvalue weighted by molar-refractivity contribution is 7.92. The fourth-order valence-corrected chi connectivity index (χ4v) is 4.09. The summed E-state index contributed by atoms with van der Waals surface area (Å²) in [5.74, 6) is 0. The summed E-state index contributed by atoms with van der Waals surface area (Å²) in [6.45, 7) is 3.43. The number of alkyl halides is 3. The quantitative estimate of drug-likeness (QED) is 0.821. The molecule has 0 saturated heterocycles. The van der Waals surface area contributed by atoms with Gasteiger partial charge in [-0.15, -0.1) is 0 Å². The molecule has 0 aromatic heterocycles. The molecular weight excluding hydrogens is 361 g/mol. The van der Waals surface area contributed by atoms with E-state index in [0.29, 0.717) is 0 Å². The number of hydrogen-bond donors (Lipinski definition) is 1. The zero-order valence-corrected chi connectivity index (χ0v) is 14.4. The van der Waals surface area contributed by atoms with Crippen molar-refractivity contribution in [3.05, 3.63) is 29.8 Å². The summed E-state index contributed by atoms with van der Waals surface area (Å²) >= 11 is 17.1. The van der Waals surface area contributed by atoms with Crippen LogP contribution in [0.25, 0.3) is 0 Å². The number of carbonyl (C=O) groups is 1. The molecule has 9 heteroatoms. The number of rotatable bonds is 4. The molecule has 118 valence electrons. The van der Waals surface area contributed by atoms with Gasteiger partial charge in [-0.3, -0.25) is 0 Å². The standard InChI is InChI=1S/C12H14Cl3NO4S/c1-3-20-11(17)16-10(12(13,14)15)21(18,19)9-6-4-8(2)5-7-9/h4-7,10H,3H2,1-2H3,(H,16,17)/t10-/m0/s1. The molecule has 0 fully saturated rings. The van der Waals surface area contributed by atoms with Crippen molar-refractivity contribution in [2.24, 2.45) is 0 Å². The van der Waals surface area contributed by atoms with Crippen molar-refractivity contribution in [2.75, 3.05) is 6.61 Å². The monoisotopic (exact) mass is 373 g/mol. The Morgan fingerprint density at radius 3 is 2.24 bits per heavy atom. The minimum Gasteiger partial charge on any atom is -0.450 e. The summed E-state index contributed by atoms with van der Waals surface area (Å²) in [4.78, 5) is 11.4. The predicted octanol–water partition coefficient (Wildman–Crippen LogP) is 3.21. The fraction of sp³-hybridized carbons (Fsp3) is 0.417. The molecular formula is C12H14Cl3NO4S. The van der Waals surface area contributed by atoms with Crippen LogP contribution in [-0.4, -0.2) is 30.3 Å². The number of nitrogens with one attached hydrogen (secondary N) is 1. The lowest BCUT2D eigenvalue weighted by Gasteiger charge is -2.25. The predicted molar refractivity (Wildman–Crippen MR) is 82.6 cm³/mol. The van der Waals surface area contributed by atoms with Crippen molar-refractivity contribution < 1.29 is 17.9 Å². The van der Waals surface area contributed by atoms with Gasteiger partial charge < -0.3 is 10.1 Å². The van der Waals surface area contributed by atoms with E-state index in [9.17, 15) is 13.2 Å². The van der Waals surface area contributed by atoms with E-state index >= 15 is 0 Å². The van der Waals surface area contributed by atoms with E-state index in [0.717, 1.165) is 5.56 Å². The van der Waals surface area contributed by atoms with Crippen LogP contribution in [0.1, 0.15) is 12.5 Å². The number of ether oxygens (including phenoxy) is 1. The van der Waals surface area contributed by atoms with Gasteiger partial charge in [0.1, 0.15) is 0 Å². The first-order valence-electron chi connectivity index (χ1n) is 5.89. The van der Waals surface area contributed by atoms with E-state index in [4.69, 9.17) is 34.8 Å². The molecule has 0 aliphatic rings. The third-order valence-corrected chi connectivity index (χ3v) is 5.55. The topological polar surface area (TPSA) is 72.5 Å². The molecule has 0 saturated carbocycles. The molecule has 1 aromatic rings. The van der Waals surface area contributed by atoms with Crippen LogP contribution in [0.4, 0.5) is 4.79 Å². The van der Waals surface area contributed by atoms with Crippen molar-refractivity contribution in [1.82, 2.24) is 5.32 Å². The molecule has 1 atom stereocenters. The van der Waals surface area contributed by atoms with E-state index in [1.165, 1.54) is 12.1 Å². The van der Waals surface area contributed by atoms with Crippen LogP contribution >= 0.6 is 34.8 Å². The summed E-state index contributed by atoms with van der Waals surface area (Å²) in [5, 5.41) is 0.299. The number of halogens is 3. The van der Waals surface area contributed by atoms with Gasteiger partial charge in [-0.1, -0.05) is 52.5 Å². The summed E-state index contributed by atoms with van der Waals surface area (Å²) in [6, 6.07) is 5.96. The SMILES string of the molecule is CCOC(=O)N[C@H](C(Cl)(Cl)Cl)S(=O)(=O)c1ccc(C)cc1. The number of hydrogen-bond acceptors (Lipinski definition) is 4. The Morgan fingerprint density at radius 2 is 1.81 bits per heavy atom. The van der Waals surface area contributed by atoms with Gasteiger partial charge in [-0.05, 0) is 26.0 Å². The first-order valence-corrected chi connectivity index (χ1v) is 8.57. The molecule has 1 amide bonds. The van der Waals surface area contributed by atoms with Crippen LogP contribution in [0.5, 0.6) is 0 Å².